The molecule has 0 atom stereocenters. The summed E-state index contributed by atoms with van der Waals surface area (Å²) in [5, 5.41) is 1.66. The van der Waals surface area contributed by atoms with Crippen molar-refractivity contribution in [2.45, 2.75) is 10.6 Å². The third kappa shape index (κ3) is 5.04. The second kappa shape index (κ2) is 5.79. The standard InChI is InChI=1S/C8H12BrNO4S3/c1-16(11,12)6-2-4-10-17(13,14)8-7(9)3-5-15-8/h3,5,10H,2,4,6H2,1H3. The molecule has 0 fully saturated rings. The summed E-state index contributed by atoms with van der Waals surface area (Å²) in [6.07, 6.45) is 1.39. The molecular formula is C8H12BrNO4S3. The Bertz CT molecular complexity index is 576. The number of hydrogen-bond acceptors (Lipinski definition) is 5. The van der Waals surface area contributed by atoms with Gasteiger partial charge in [0.25, 0.3) is 10.0 Å². The van der Waals surface area contributed by atoms with Gasteiger partial charge in [0.15, 0.2) is 0 Å². The number of rotatable bonds is 6. The molecule has 0 saturated heterocycles. The van der Waals surface area contributed by atoms with Gasteiger partial charge in [-0.3, -0.25) is 0 Å². The molecule has 0 bridgehead atoms. The highest BCUT2D eigenvalue weighted by molar-refractivity contribution is 9.10. The van der Waals surface area contributed by atoms with E-state index in [0.717, 1.165) is 17.6 Å². The van der Waals surface area contributed by atoms with Gasteiger partial charge in [0.05, 0.1) is 5.75 Å². The Balaban J connectivity index is 2.55. The van der Waals surface area contributed by atoms with Gasteiger partial charge in [-0.25, -0.2) is 21.6 Å². The Kier molecular flexibility index (Phi) is 5.14. The number of sulfonamides is 1. The molecule has 0 amide bonds. The van der Waals surface area contributed by atoms with E-state index >= 15 is 0 Å². The van der Waals surface area contributed by atoms with Crippen LogP contribution in [0.25, 0.3) is 0 Å². The van der Waals surface area contributed by atoms with Crippen LogP contribution in [0.1, 0.15) is 6.42 Å². The van der Waals surface area contributed by atoms with Crippen LogP contribution in [-0.4, -0.2) is 35.4 Å². The lowest BCUT2D eigenvalue weighted by Crippen LogP contribution is -2.25. The van der Waals surface area contributed by atoms with E-state index in [2.05, 4.69) is 20.7 Å². The summed E-state index contributed by atoms with van der Waals surface area (Å²) in [5.41, 5.74) is 0. The van der Waals surface area contributed by atoms with Gasteiger partial charge in [0.2, 0.25) is 0 Å². The van der Waals surface area contributed by atoms with Crippen molar-refractivity contribution >= 4 is 47.1 Å². The van der Waals surface area contributed by atoms with Gasteiger partial charge in [0.1, 0.15) is 14.0 Å². The zero-order chi connectivity index (χ0) is 13.1. The third-order valence-electron chi connectivity index (χ3n) is 1.81. The lowest BCUT2D eigenvalue weighted by atomic mass is 10.5. The van der Waals surface area contributed by atoms with Gasteiger partial charge in [-0.05, 0) is 33.8 Å². The highest BCUT2D eigenvalue weighted by atomic mass is 79.9. The van der Waals surface area contributed by atoms with Gasteiger partial charge in [0, 0.05) is 17.3 Å². The molecular weight excluding hydrogens is 350 g/mol. The van der Waals surface area contributed by atoms with E-state index in [1.54, 1.807) is 11.4 Å². The molecule has 17 heavy (non-hydrogen) atoms. The van der Waals surface area contributed by atoms with Crippen LogP contribution >= 0.6 is 27.3 Å². The summed E-state index contributed by atoms with van der Waals surface area (Å²) in [6.45, 7) is 0.111. The van der Waals surface area contributed by atoms with Crippen LogP contribution in [0.4, 0.5) is 0 Å². The number of hydrogen-bond donors (Lipinski definition) is 1. The lowest BCUT2D eigenvalue weighted by Gasteiger charge is -2.04. The largest absolute Gasteiger partial charge is 0.251 e. The average molecular weight is 362 g/mol. The van der Waals surface area contributed by atoms with Crippen LogP contribution in [-0.2, 0) is 19.9 Å². The maximum absolute atomic E-state index is 11.8. The van der Waals surface area contributed by atoms with E-state index in [9.17, 15) is 16.8 Å². The summed E-state index contributed by atoms with van der Waals surface area (Å²) < 4.78 is 48.3. The van der Waals surface area contributed by atoms with Crippen molar-refractivity contribution in [1.82, 2.24) is 4.72 Å². The Morgan fingerprint density at radius 1 is 1.35 bits per heavy atom. The van der Waals surface area contributed by atoms with Crippen molar-refractivity contribution < 1.29 is 16.8 Å². The van der Waals surface area contributed by atoms with Gasteiger partial charge in [-0.1, -0.05) is 0 Å². The van der Waals surface area contributed by atoms with Gasteiger partial charge >= 0.3 is 0 Å². The SMILES string of the molecule is CS(=O)(=O)CCCNS(=O)(=O)c1sccc1Br. The second-order valence-corrected chi connectivity index (χ2v) is 9.43. The summed E-state index contributed by atoms with van der Waals surface area (Å²) in [6, 6.07) is 1.65. The molecule has 0 aliphatic carbocycles. The minimum atomic E-state index is -3.54. The maximum Gasteiger partial charge on any atom is 0.251 e. The summed E-state index contributed by atoms with van der Waals surface area (Å²) in [4.78, 5) is 0. The van der Waals surface area contributed by atoms with E-state index in [1.165, 1.54) is 0 Å². The molecule has 0 aromatic carbocycles. The van der Waals surface area contributed by atoms with E-state index in [-0.39, 0.29) is 22.9 Å². The molecule has 1 heterocycles. The molecule has 1 rings (SSSR count). The zero-order valence-corrected chi connectivity index (χ0v) is 13.0. The van der Waals surface area contributed by atoms with Crippen molar-refractivity contribution in [2.75, 3.05) is 18.6 Å². The van der Waals surface area contributed by atoms with E-state index in [4.69, 9.17) is 0 Å². The smallest absolute Gasteiger partial charge is 0.229 e. The molecule has 1 aromatic rings. The normalized spacial score (nSPS) is 12.8. The number of sulfone groups is 1. The molecule has 0 radical (unpaired) electrons. The first kappa shape index (κ1) is 15.1. The predicted molar refractivity (Wildman–Crippen MR) is 71.5 cm³/mol. The Morgan fingerprint density at radius 3 is 2.47 bits per heavy atom. The molecule has 98 valence electrons. The number of nitrogens with one attached hydrogen (secondary N) is 1. The molecule has 0 unspecified atom stereocenters. The molecule has 0 spiro atoms. The van der Waals surface area contributed by atoms with E-state index in [0.29, 0.717) is 4.47 Å². The molecule has 1 aromatic heterocycles. The van der Waals surface area contributed by atoms with Crippen molar-refractivity contribution in [1.29, 1.82) is 0 Å². The Hall–Kier alpha value is 0.0400. The van der Waals surface area contributed by atoms with Crippen molar-refractivity contribution in [3.8, 4) is 0 Å². The summed E-state index contributed by atoms with van der Waals surface area (Å²) >= 11 is 4.24. The lowest BCUT2D eigenvalue weighted by molar-refractivity contribution is 0.579. The Morgan fingerprint density at radius 2 is 2.00 bits per heavy atom. The van der Waals surface area contributed by atoms with Crippen molar-refractivity contribution in [3.63, 3.8) is 0 Å². The quantitative estimate of drug-likeness (QED) is 0.772. The fraction of sp³-hybridized carbons (Fsp3) is 0.500. The molecule has 0 aliphatic heterocycles. The second-order valence-electron chi connectivity index (χ2n) is 3.44. The molecule has 9 heteroatoms. The molecule has 5 nitrogen and oxygen atoms in total. The highest BCUT2D eigenvalue weighted by Crippen LogP contribution is 2.27. The molecule has 0 saturated carbocycles. The monoisotopic (exact) mass is 361 g/mol. The van der Waals surface area contributed by atoms with Gasteiger partial charge < -0.3 is 0 Å². The van der Waals surface area contributed by atoms with Crippen LogP contribution in [0.5, 0.6) is 0 Å². The average Bonchev–Trinajstić information content (AvgIpc) is 2.58. The topological polar surface area (TPSA) is 80.3 Å². The van der Waals surface area contributed by atoms with Gasteiger partial charge in [-0.2, -0.15) is 0 Å². The van der Waals surface area contributed by atoms with E-state index < -0.39 is 19.9 Å². The first-order valence-electron chi connectivity index (χ1n) is 4.63. The fourth-order valence-corrected chi connectivity index (χ4v) is 5.20. The number of halogens is 1. The summed E-state index contributed by atoms with van der Waals surface area (Å²) in [7, 11) is -6.58. The first-order valence-corrected chi connectivity index (χ1v) is 9.84. The van der Waals surface area contributed by atoms with E-state index in [1.807, 2.05) is 0 Å². The minimum absolute atomic E-state index is 0.0267. The van der Waals surface area contributed by atoms with Crippen LogP contribution in [0, 0.1) is 0 Å². The van der Waals surface area contributed by atoms with Crippen LogP contribution in [0.15, 0.2) is 20.1 Å². The maximum atomic E-state index is 11.8. The first-order chi connectivity index (χ1) is 7.72. The van der Waals surface area contributed by atoms with Crippen molar-refractivity contribution in [2.24, 2.45) is 0 Å². The fourth-order valence-electron chi connectivity index (χ4n) is 1.08. The van der Waals surface area contributed by atoms with Crippen LogP contribution in [0.2, 0.25) is 0 Å². The summed E-state index contributed by atoms with van der Waals surface area (Å²) in [5.74, 6) is -0.0267. The highest BCUT2D eigenvalue weighted by Gasteiger charge is 2.18. The minimum Gasteiger partial charge on any atom is -0.229 e. The van der Waals surface area contributed by atoms with Crippen molar-refractivity contribution in [3.05, 3.63) is 15.9 Å². The van der Waals surface area contributed by atoms with Crippen LogP contribution < -0.4 is 4.72 Å². The Labute approximate surface area is 113 Å². The molecule has 0 aliphatic rings. The van der Waals surface area contributed by atoms with Gasteiger partial charge in [-0.15, -0.1) is 11.3 Å². The zero-order valence-electron chi connectivity index (χ0n) is 9.01. The number of thiophene rings is 1. The third-order valence-corrected chi connectivity index (χ3v) is 6.97. The predicted octanol–water partition coefficient (Wildman–Crippen LogP) is 1.22. The molecule has 1 N–H and O–H groups in total. The van der Waals surface area contributed by atoms with Crippen LogP contribution in [0.3, 0.4) is 0 Å².